The van der Waals surface area contributed by atoms with Gasteiger partial charge in [0.05, 0.1) is 4.88 Å². The Labute approximate surface area is 96.6 Å². The summed E-state index contributed by atoms with van der Waals surface area (Å²) in [5.74, 6) is 1.28. The lowest BCUT2D eigenvalue weighted by Gasteiger charge is -2.03. The third kappa shape index (κ3) is 2.84. The van der Waals surface area contributed by atoms with Crippen LogP contribution < -0.4 is 10.5 Å². The van der Waals surface area contributed by atoms with Gasteiger partial charge in [-0.05, 0) is 35.8 Å². The predicted molar refractivity (Wildman–Crippen MR) is 62.3 cm³/mol. The van der Waals surface area contributed by atoms with Gasteiger partial charge in [-0.1, -0.05) is 17.7 Å². The number of nitrogens with zero attached hydrogens (tertiary/aromatic N) is 1. The molecular formula is C10H9ClN2OS. The first kappa shape index (κ1) is 10.3. The Balaban J connectivity index is 1.99. The molecule has 15 heavy (non-hydrogen) atoms. The minimum Gasteiger partial charge on any atom is -0.488 e. The molecule has 2 aromatic rings. The van der Waals surface area contributed by atoms with Crippen molar-refractivity contribution in [3.8, 4) is 5.75 Å². The van der Waals surface area contributed by atoms with Gasteiger partial charge in [-0.3, -0.25) is 0 Å². The van der Waals surface area contributed by atoms with Gasteiger partial charge in [-0.15, -0.1) is 0 Å². The Kier molecular flexibility index (Phi) is 3.08. The summed E-state index contributed by atoms with van der Waals surface area (Å²) in [6.07, 6.45) is 0. The van der Waals surface area contributed by atoms with E-state index in [2.05, 4.69) is 4.37 Å². The van der Waals surface area contributed by atoms with E-state index in [1.165, 1.54) is 11.5 Å². The summed E-state index contributed by atoms with van der Waals surface area (Å²) in [6, 6.07) is 9.08. The van der Waals surface area contributed by atoms with Crippen molar-refractivity contribution in [2.24, 2.45) is 0 Å². The standard InChI is InChI=1S/C10H9ClN2OS/c11-7-2-1-3-8(4-7)14-6-9-5-10(12)13-15-9/h1-5H,6H2,(H2,12,13). The van der Waals surface area contributed by atoms with Gasteiger partial charge in [-0.25, -0.2) is 0 Å². The molecule has 0 radical (unpaired) electrons. The number of halogens is 1. The molecule has 0 amide bonds. The van der Waals surface area contributed by atoms with Crippen molar-refractivity contribution in [2.75, 3.05) is 5.73 Å². The van der Waals surface area contributed by atoms with E-state index in [0.29, 0.717) is 17.4 Å². The summed E-state index contributed by atoms with van der Waals surface area (Å²) in [7, 11) is 0. The number of rotatable bonds is 3. The Hall–Kier alpha value is -1.26. The van der Waals surface area contributed by atoms with Crippen molar-refractivity contribution >= 4 is 29.0 Å². The number of nitrogen functional groups attached to an aromatic ring is 1. The highest BCUT2D eigenvalue weighted by Gasteiger charge is 2.00. The van der Waals surface area contributed by atoms with E-state index < -0.39 is 0 Å². The molecule has 1 heterocycles. The number of hydrogen-bond donors (Lipinski definition) is 1. The van der Waals surface area contributed by atoms with Crippen molar-refractivity contribution in [1.82, 2.24) is 4.37 Å². The average molecular weight is 241 g/mol. The second-order valence-electron chi connectivity index (χ2n) is 2.96. The molecule has 0 fully saturated rings. The molecule has 0 aliphatic carbocycles. The first-order chi connectivity index (χ1) is 7.24. The largest absolute Gasteiger partial charge is 0.488 e. The smallest absolute Gasteiger partial charge is 0.137 e. The molecule has 0 spiro atoms. The van der Waals surface area contributed by atoms with Gasteiger partial charge in [0.2, 0.25) is 0 Å². The van der Waals surface area contributed by atoms with Crippen molar-refractivity contribution in [1.29, 1.82) is 0 Å². The monoisotopic (exact) mass is 240 g/mol. The second-order valence-corrected chi connectivity index (χ2v) is 4.29. The molecular weight excluding hydrogens is 232 g/mol. The molecule has 0 bridgehead atoms. The van der Waals surface area contributed by atoms with Gasteiger partial charge in [0, 0.05) is 5.02 Å². The van der Waals surface area contributed by atoms with Gasteiger partial charge in [0.15, 0.2) is 0 Å². The summed E-state index contributed by atoms with van der Waals surface area (Å²) >= 11 is 7.16. The molecule has 0 unspecified atom stereocenters. The zero-order valence-corrected chi connectivity index (χ0v) is 9.39. The first-order valence-electron chi connectivity index (χ1n) is 4.33. The number of ether oxygens (including phenoxy) is 1. The van der Waals surface area contributed by atoms with Gasteiger partial charge < -0.3 is 10.5 Å². The fourth-order valence-electron chi connectivity index (χ4n) is 1.11. The van der Waals surface area contributed by atoms with Gasteiger partial charge >= 0.3 is 0 Å². The molecule has 0 saturated carbocycles. The first-order valence-corrected chi connectivity index (χ1v) is 5.48. The van der Waals surface area contributed by atoms with E-state index in [1.54, 1.807) is 18.2 Å². The van der Waals surface area contributed by atoms with Crippen molar-refractivity contribution in [2.45, 2.75) is 6.61 Å². The number of aromatic nitrogens is 1. The number of benzene rings is 1. The third-order valence-electron chi connectivity index (χ3n) is 1.75. The van der Waals surface area contributed by atoms with Gasteiger partial charge in [-0.2, -0.15) is 4.37 Å². The second kappa shape index (κ2) is 4.51. The molecule has 2 N–H and O–H groups in total. The third-order valence-corrected chi connectivity index (χ3v) is 2.76. The zero-order chi connectivity index (χ0) is 10.7. The van der Waals surface area contributed by atoms with E-state index in [4.69, 9.17) is 22.1 Å². The van der Waals surface area contributed by atoms with E-state index in [-0.39, 0.29) is 0 Å². The quantitative estimate of drug-likeness (QED) is 0.897. The maximum Gasteiger partial charge on any atom is 0.137 e. The van der Waals surface area contributed by atoms with Crippen LogP contribution in [0.3, 0.4) is 0 Å². The summed E-state index contributed by atoms with van der Waals surface area (Å²) < 4.78 is 9.48. The van der Waals surface area contributed by atoms with Crippen LogP contribution in [0.4, 0.5) is 5.82 Å². The average Bonchev–Trinajstić information content (AvgIpc) is 2.62. The lowest BCUT2D eigenvalue weighted by atomic mass is 10.3. The topological polar surface area (TPSA) is 48.1 Å². The highest BCUT2D eigenvalue weighted by Crippen LogP contribution is 2.19. The van der Waals surface area contributed by atoms with E-state index >= 15 is 0 Å². The summed E-state index contributed by atoms with van der Waals surface area (Å²) in [4.78, 5) is 0.993. The van der Waals surface area contributed by atoms with Gasteiger partial charge in [0.1, 0.15) is 18.2 Å². The summed E-state index contributed by atoms with van der Waals surface area (Å²) in [5.41, 5.74) is 5.49. The highest BCUT2D eigenvalue weighted by atomic mass is 35.5. The molecule has 2 rings (SSSR count). The van der Waals surface area contributed by atoms with Crippen molar-refractivity contribution in [3.63, 3.8) is 0 Å². The minimum atomic E-state index is 0.467. The number of nitrogens with two attached hydrogens (primary N) is 1. The number of hydrogen-bond acceptors (Lipinski definition) is 4. The maximum absolute atomic E-state index is 5.82. The lowest BCUT2D eigenvalue weighted by molar-refractivity contribution is 0.310. The van der Waals surface area contributed by atoms with Crippen LogP contribution in [0.25, 0.3) is 0 Å². The maximum atomic E-state index is 5.82. The lowest BCUT2D eigenvalue weighted by Crippen LogP contribution is -1.92. The molecule has 0 saturated heterocycles. The molecule has 0 aliphatic rings. The van der Waals surface area contributed by atoms with Crippen LogP contribution in [-0.4, -0.2) is 4.37 Å². The molecule has 0 aliphatic heterocycles. The Morgan fingerprint density at radius 3 is 2.93 bits per heavy atom. The molecule has 0 atom stereocenters. The van der Waals surface area contributed by atoms with E-state index in [0.717, 1.165) is 10.6 Å². The van der Waals surface area contributed by atoms with Crippen LogP contribution in [0, 0.1) is 0 Å². The van der Waals surface area contributed by atoms with Gasteiger partial charge in [0.25, 0.3) is 0 Å². The fourth-order valence-corrected chi connectivity index (χ4v) is 1.85. The fraction of sp³-hybridized carbons (Fsp3) is 0.100. The van der Waals surface area contributed by atoms with Crippen LogP contribution in [-0.2, 0) is 6.61 Å². The molecule has 78 valence electrons. The highest BCUT2D eigenvalue weighted by molar-refractivity contribution is 7.06. The van der Waals surface area contributed by atoms with Crippen molar-refractivity contribution < 1.29 is 4.74 Å². The van der Waals surface area contributed by atoms with Crippen LogP contribution in [0.2, 0.25) is 5.02 Å². The van der Waals surface area contributed by atoms with Crippen LogP contribution in [0.15, 0.2) is 30.3 Å². The molecule has 3 nitrogen and oxygen atoms in total. The van der Waals surface area contributed by atoms with E-state index in [1.807, 2.05) is 12.1 Å². The molecule has 1 aromatic heterocycles. The van der Waals surface area contributed by atoms with Crippen LogP contribution in [0.5, 0.6) is 5.75 Å². The molecule has 5 heteroatoms. The Bertz CT molecular complexity index is 458. The van der Waals surface area contributed by atoms with E-state index in [9.17, 15) is 0 Å². The Morgan fingerprint density at radius 1 is 1.40 bits per heavy atom. The number of anilines is 1. The normalized spacial score (nSPS) is 10.2. The zero-order valence-electron chi connectivity index (χ0n) is 7.81. The minimum absolute atomic E-state index is 0.467. The predicted octanol–water partition coefficient (Wildman–Crippen LogP) is 2.96. The summed E-state index contributed by atoms with van der Waals surface area (Å²) in [5, 5.41) is 0.663. The van der Waals surface area contributed by atoms with Crippen LogP contribution >= 0.6 is 23.1 Å². The molecule has 1 aromatic carbocycles. The van der Waals surface area contributed by atoms with Crippen molar-refractivity contribution in [3.05, 3.63) is 40.2 Å². The summed E-state index contributed by atoms with van der Waals surface area (Å²) in [6.45, 7) is 0.467. The van der Waals surface area contributed by atoms with Crippen LogP contribution in [0.1, 0.15) is 4.88 Å². The SMILES string of the molecule is Nc1cc(COc2cccc(Cl)c2)sn1. The Morgan fingerprint density at radius 2 is 2.27 bits per heavy atom.